The summed E-state index contributed by atoms with van der Waals surface area (Å²) in [7, 11) is 0. The van der Waals surface area contributed by atoms with Gasteiger partial charge in [0.05, 0.1) is 12.1 Å². The van der Waals surface area contributed by atoms with Crippen molar-refractivity contribution in [3.8, 4) is 12.1 Å². The molecule has 26 heavy (non-hydrogen) atoms. The highest BCUT2D eigenvalue weighted by molar-refractivity contribution is 5.90. The van der Waals surface area contributed by atoms with Gasteiger partial charge in [0.15, 0.2) is 0 Å². The van der Waals surface area contributed by atoms with Gasteiger partial charge in [-0.25, -0.2) is 0 Å². The Labute approximate surface area is 150 Å². The molecule has 10 nitrogen and oxygen atoms in total. The van der Waals surface area contributed by atoms with Crippen molar-refractivity contribution >= 4 is 23.8 Å². The lowest BCUT2D eigenvalue weighted by Gasteiger charge is -2.15. The molecule has 10 heteroatoms. The zero-order valence-corrected chi connectivity index (χ0v) is 14.5. The predicted octanol–water partition coefficient (Wildman–Crippen LogP) is -0.00144. The number of aliphatic carboxylic acids is 2. The monoisotopic (exact) mass is 364 g/mol. The van der Waals surface area contributed by atoms with E-state index in [-0.39, 0.29) is 13.1 Å². The minimum Gasteiger partial charge on any atom is -0.480 e. The molecule has 0 fully saturated rings. The van der Waals surface area contributed by atoms with E-state index in [1.54, 1.807) is 26.0 Å². The molecule has 0 aromatic rings. The third-order valence-electron chi connectivity index (χ3n) is 2.64. The molecule has 0 saturated carbocycles. The Hall–Kier alpha value is -3.66. The summed E-state index contributed by atoms with van der Waals surface area (Å²) in [6.45, 7) is 3.26. The van der Waals surface area contributed by atoms with E-state index in [9.17, 15) is 19.2 Å². The molecule has 0 aromatic heterocycles. The number of rotatable bonds is 8. The van der Waals surface area contributed by atoms with Crippen molar-refractivity contribution in [2.24, 2.45) is 0 Å². The first-order chi connectivity index (χ1) is 12.2. The second kappa shape index (κ2) is 14.9. The average Bonchev–Trinajstić information content (AvgIpc) is 2.60. The van der Waals surface area contributed by atoms with Crippen molar-refractivity contribution < 1.29 is 29.4 Å². The Balaban J connectivity index is 0. The molecule has 0 spiro atoms. The lowest BCUT2D eigenvalue weighted by Crippen LogP contribution is -2.34. The highest BCUT2D eigenvalue weighted by Gasteiger charge is 2.12. The molecule has 0 aliphatic rings. The van der Waals surface area contributed by atoms with Crippen LogP contribution in [0.4, 0.5) is 0 Å². The lowest BCUT2D eigenvalue weighted by molar-refractivity contribution is -0.142. The van der Waals surface area contributed by atoms with Gasteiger partial charge in [-0.3, -0.25) is 19.2 Å². The normalized spacial score (nSPS) is 9.54. The molecular weight excluding hydrogens is 344 g/mol. The Bertz CT molecular complexity index is 586. The number of carboxylic acids is 2. The van der Waals surface area contributed by atoms with E-state index in [0.717, 1.165) is 34.1 Å². The van der Waals surface area contributed by atoms with Crippen LogP contribution in [0.5, 0.6) is 0 Å². The van der Waals surface area contributed by atoms with Crippen LogP contribution in [0.2, 0.25) is 0 Å². The van der Waals surface area contributed by atoms with Crippen molar-refractivity contribution in [3.63, 3.8) is 0 Å². The number of nitriles is 2. The Morgan fingerprint density at radius 2 is 1.12 bits per heavy atom. The minimum atomic E-state index is -1.07. The van der Waals surface area contributed by atoms with Gasteiger partial charge in [0.25, 0.3) is 0 Å². The van der Waals surface area contributed by atoms with Gasteiger partial charge >= 0.3 is 11.9 Å². The maximum absolute atomic E-state index is 11.1. The van der Waals surface area contributed by atoms with E-state index < -0.39 is 23.8 Å². The summed E-state index contributed by atoms with van der Waals surface area (Å²) in [6.07, 6.45) is 4.14. The maximum Gasteiger partial charge on any atom is 0.323 e. The number of nitrogens with zero attached hydrogens (tertiary/aromatic N) is 4. The van der Waals surface area contributed by atoms with E-state index in [2.05, 4.69) is 0 Å². The second-order valence-corrected chi connectivity index (χ2v) is 4.42. The second-order valence-electron chi connectivity index (χ2n) is 4.42. The number of allylic oxidation sites excluding steroid dienone is 2. The standard InChI is InChI=1S/2C8H10N2O3/c2*1-2-10(6-8(12)13)7(11)4-3-5-9/h2*3-4H,2,6H2,1H3,(H,12,13)/b2*4-3+. The summed E-state index contributed by atoms with van der Waals surface area (Å²) in [5.41, 5.74) is 0. The summed E-state index contributed by atoms with van der Waals surface area (Å²) in [6, 6.07) is 3.31. The number of hydrogen-bond acceptors (Lipinski definition) is 6. The van der Waals surface area contributed by atoms with Crippen LogP contribution >= 0.6 is 0 Å². The number of carboxylic acid groups (broad SMARTS) is 2. The smallest absolute Gasteiger partial charge is 0.323 e. The molecule has 2 amide bonds. The maximum atomic E-state index is 11.1. The molecule has 0 heterocycles. The fourth-order valence-electron chi connectivity index (χ4n) is 1.45. The van der Waals surface area contributed by atoms with Gasteiger partial charge in [-0.1, -0.05) is 0 Å². The predicted molar refractivity (Wildman–Crippen MR) is 89.3 cm³/mol. The molecule has 0 aliphatic carbocycles. The SMILES string of the molecule is CCN(CC(=O)O)C(=O)/C=C/C#N.CCN(CC(=O)O)C(=O)/C=C/C#N. The fraction of sp³-hybridized carbons (Fsp3) is 0.375. The van der Waals surface area contributed by atoms with Gasteiger partial charge < -0.3 is 20.0 Å². The number of amides is 2. The summed E-state index contributed by atoms with van der Waals surface area (Å²) in [5, 5.41) is 33.1. The third kappa shape index (κ3) is 12.8. The van der Waals surface area contributed by atoms with Crippen molar-refractivity contribution in [1.82, 2.24) is 9.80 Å². The lowest BCUT2D eigenvalue weighted by atomic mass is 10.4. The molecular formula is C16H20N4O6. The van der Waals surface area contributed by atoms with Crippen LogP contribution in [0.25, 0.3) is 0 Å². The molecule has 0 atom stereocenters. The topological polar surface area (TPSA) is 163 Å². The van der Waals surface area contributed by atoms with Crippen LogP contribution in [-0.2, 0) is 19.2 Å². The van der Waals surface area contributed by atoms with Crippen LogP contribution < -0.4 is 0 Å². The highest BCUT2D eigenvalue weighted by atomic mass is 16.4. The minimum absolute atomic E-state index is 0.306. The van der Waals surface area contributed by atoms with Gasteiger partial charge in [-0.2, -0.15) is 10.5 Å². The van der Waals surface area contributed by atoms with Crippen molar-refractivity contribution in [2.75, 3.05) is 26.2 Å². The molecule has 0 bridgehead atoms. The Kier molecular flexibility index (Phi) is 14.1. The largest absolute Gasteiger partial charge is 0.480 e. The van der Waals surface area contributed by atoms with E-state index in [1.807, 2.05) is 0 Å². The number of carbonyl (C=O) groups excluding carboxylic acids is 2. The third-order valence-corrected chi connectivity index (χ3v) is 2.64. The summed E-state index contributed by atoms with van der Waals surface area (Å²) >= 11 is 0. The molecule has 140 valence electrons. The highest BCUT2D eigenvalue weighted by Crippen LogP contribution is 1.91. The number of carbonyl (C=O) groups is 4. The van der Waals surface area contributed by atoms with Crippen LogP contribution in [0.3, 0.4) is 0 Å². The first-order valence-corrected chi connectivity index (χ1v) is 7.37. The van der Waals surface area contributed by atoms with E-state index >= 15 is 0 Å². The molecule has 0 aliphatic heterocycles. The summed E-state index contributed by atoms with van der Waals surface area (Å²) in [5.74, 6) is -3.07. The molecule has 2 N–H and O–H groups in total. The number of likely N-dealkylation sites (N-methyl/N-ethyl adjacent to an activating group) is 2. The zero-order valence-electron chi connectivity index (χ0n) is 14.5. The first kappa shape index (κ1) is 24.6. The Morgan fingerprint density at radius 1 is 0.808 bits per heavy atom. The molecule has 0 saturated heterocycles. The van der Waals surface area contributed by atoms with Crippen LogP contribution in [-0.4, -0.2) is 69.9 Å². The van der Waals surface area contributed by atoms with Gasteiger partial charge in [-0.05, 0) is 13.8 Å². The van der Waals surface area contributed by atoms with Crippen molar-refractivity contribution in [2.45, 2.75) is 13.8 Å². The van der Waals surface area contributed by atoms with Gasteiger partial charge in [0, 0.05) is 37.4 Å². The van der Waals surface area contributed by atoms with Gasteiger partial charge in [-0.15, -0.1) is 0 Å². The average molecular weight is 364 g/mol. The van der Waals surface area contributed by atoms with Crippen molar-refractivity contribution in [3.05, 3.63) is 24.3 Å². The van der Waals surface area contributed by atoms with Crippen molar-refractivity contribution in [1.29, 1.82) is 10.5 Å². The molecule has 0 rings (SSSR count). The summed E-state index contributed by atoms with van der Waals surface area (Å²) in [4.78, 5) is 45.0. The quantitative estimate of drug-likeness (QED) is 0.449. The Morgan fingerprint density at radius 3 is 1.31 bits per heavy atom. The number of hydrogen-bond donors (Lipinski definition) is 2. The van der Waals surface area contributed by atoms with Gasteiger partial charge in [0.2, 0.25) is 11.8 Å². The fourth-order valence-corrected chi connectivity index (χ4v) is 1.45. The molecule has 0 unspecified atom stereocenters. The van der Waals surface area contributed by atoms with Crippen LogP contribution in [0.1, 0.15) is 13.8 Å². The van der Waals surface area contributed by atoms with E-state index in [4.69, 9.17) is 20.7 Å². The van der Waals surface area contributed by atoms with Crippen LogP contribution in [0, 0.1) is 22.7 Å². The molecule has 0 aromatic carbocycles. The summed E-state index contributed by atoms with van der Waals surface area (Å²) < 4.78 is 0. The van der Waals surface area contributed by atoms with E-state index in [1.165, 1.54) is 0 Å². The zero-order chi connectivity index (χ0) is 20.5. The van der Waals surface area contributed by atoms with E-state index in [0.29, 0.717) is 13.1 Å². The van der Waals surface area contributed by atoms with Gasteiger partial charge in [0.1, 0.15) is 13.1 Å². The first-order valence-electron chi connectivity index (χ1n) is 7.37. The van der Waals surface area contributed by atoms with Crippen LogP contribution in [0.15, 0.2) is 24.3 Å². The molecule has 0 radical (unpaired) electrons.